The van der Waals surface area contributed by atoms with Crippen molar-refractivity contribution in [2.45, 2.75) is 13.8 Å². The number of para-hydroxylation sites is 1. The number of anilines is 1. The van der Waals surface area contributed by atoms with Crippen LogP contribution in [0, 0.1) is 0 Å². The van der Waals surface area contributed by atoms with Gasteiger partial charge >= 0.3 is 0 Å². The first-order chi connectivity index (χ1) is 12.5. The van der Waals surface area contributed by atoms with E-state index in [4.69, 9.17) is 9.47 Å². The van der Waals surface area contributed by atoms with Gasteiger partial charge in [-0.1, -0.05) is 34.1 Å². The Kier molecular flexibility index (Phi) is 5.42. The van der Waals surface area contributed by atoms with Gasteiger partial charge in [-0.05, 0) is 49.8 Å². The third kappa shape index (κ3) is 3.51. The van der Waals surface area contributed by atoms with Crippen molar-refractivity contribution in [1.82, 2.24) is 0 Å². The zero-order chi connectivity index (χ0) is 18.7. The van der Waals surface area contributed by atoms with E-state index in [2.05, 4.69) is 21.0 Å². The smallest absolute Gasteiger partial charge is 0.280 e. The Bertz CT molecular complexity index is 891. The van der Waals surface area contributed by atoms with Gasteiger partial charge in [0.1, 0.15) is 0 Å². The number of hydrogen-bond acceptors (Lipinski definition) is 4. The molecule has 134 valence electrons. The van der Waals surface area contributed by atoms with Gasteiger partial charge in [-0.25, -0.2) is 0 Å². The van der Waals surface area contributed by atoms with Gasteiger partial charge in [0, 0.05) is 4.47 Å². The van der Waals surface area contributed by atoms with E-state index in [0.29, 0.717) is 29.4 Å². The van der Waals surface area contributed by atoms with Crippen LogP contribution in [0.3, 0.4) is 0 Å². The summed E-state index contributed by atoms with van der Waals surface area (Å²) in [4.78, 5) is 12.8. The average molecular weight is 415 g/mol. The minimum absolute atomic E-state index is 0.159. The van der Waals surface area contributed by atoms with Gasteiger partial charge in [-0.15, -0.1) is 0 Å². The molecule has 0 bridgehead atoms. The molecule has 2 aromatic carbocycles. The highest BCUT2D eigenvalue weighted by Crippen LogP contribution is 2.35. The molecule has 2 aromatic rings. The van der Waals surface area contributed by atoms with Crippen LogP contribution in [-0.4, -0.2) is 25.3 Å². The first-order valence-electron chi connectivity index (χ1n) is 8.22. The van der Waals surface area contributed by atoms with E-state index in [0.717, 1.165) is 15.7 Å². The van der Waals surface area contributed by atoms with Crippen LogP contribution in [-0.2, 0) is 4.79 Å². The molecule has 26 heavy (non-hydrogen) atoms. The van der Waals surface area contributed by atoms with E-state index < -0.39 is 0 Å². The second-order valence-corrected chi connectivity index (χ2v) is 6.51. The summed E-state index contributed by atoms with van der Waals surface area (Å²) in [6.45, 7) is 4.28. The molecule has 0 atom stereocenters. The van der Waals surface area contributed by atoms with Crippen LogP contribution in [0.15, 0.2) is 57.6 Å². The Hall–Kier alpha value is -2.60. The second-order valence-electron chi connectivity index (χ2n) is 5.65. The molecule has 1 amide bonds. The zero-order valence-electron chi connectivity index (χ0n) is 14.8. The standard InChI is InChI=1S/C20H19BrN2O3/c1-4-26-19-12-17(21)14(11-18(19)25-3)10-16-13(2)22-23(20(16)24)15-8-6-5-7-9-15/h5-12H,4H2,1-3H3/b16-10+. The van der Waals surface area contributed by atoms with Crippen molar-refractivity contribution >= 4 is 39.3 Å². The van der Waals surface area contributed by atoms with Gasteiger partial charge in [0.15, 0.2) is 11.5 Å². The van der Waals surface area contributed by atoms with Crippen molar-refractivity contribution in [3.8, 4) is 11.5 Å². The van der Waals surface area contributed by atoms with Crippen molar-refractivity contribution in [1.29, 1.82) is 0 Å². The predicted octanol–water partition coefficient (Wildman–Crippen LogP) is 4.66. The lowest BCUT2D eigenvalue weighted by Crippen LogP contribution is -2.21. The average Bonchev–Trinajstić information content (AvgIpc) is 2.93. The maximum Gasteiger partial charge on any atom is 0.280 e. The summed E-state index contributed by atoms with van der Waals surface area (Å²) >= 11 is 3.54. The van der Waals surface area contributed by atoms with E-state index >= 15 is 0 Å². The highest BCUT2D eigenvalue weighted by Gasteiger charge is 2.28. The van der Waals surface area contributed by atoms with E-state index in [-0.39, 0.29) is 5.91 Å². The summed E-state index contributed by atoms with van der Waals surface area (Å²) in [5.74, 6) is 1.10. The fourth-order valence-electron chi connectivity index (χ4n) is 2.67. The molecular formula is C20H19BrN2O3. The summed E-state index contributed by atoms with van der Waals surface area (Å²) in [5, 5.41) is 5.82. The number of rotatable bonds is 5. The van der Waals surface area contributed by atoms with Crippen molar-refractivity contribution < 1.29 is 14.3 Å². The fraction of sp³-hybridized carbons (Fsp3) is 0.200. The molecule has 0 aromatic heterocycles. The minimum Gasteiger partial charge on any atom is -0.493 e. The molecule has 1 aliphatic rings. The third-order valence-corrected chi connectivity index (χ3v) is 4.63. The van der Waals surface area contributed by atoms with E-state index in [1.165, 1.54) is 5.01 Å². The number of amides is 1. The minimum atomic E-state index is -0.159. The Morgan fingerprint density at radius 3 is 2.58 bits per heavy atom. The van der Waals surface area contributed by atoms with Crippen LogP contribution in [0.1, 0.15) is 19.4 Å². The fourth-order valence-corrected chi connectivity index (χ4v) is 3.11. The molecule has 0 unspecified atom stereocenters. The summed E-state index contributed by atoms with van der Waals surface area (Å²) in [5.41, 5.74) is 2.76. The van der Waals surface area contributed by atoms with Crippen molar-refractivity contribution in [3.05, 3.63) is 58.1 Å². The summed E-state index contributed by atoms with van der Waals surface area (Å²) in [6.07, 6.45) is 1.81. The lowest BCUT2D eigenvalue weighted by molar-refractivity contribution is -0.114. The molecule has 0 saturated heterocycles. The number of carbonyl (C=O) groups excluding carboxylic acids is 1. The molecule has 3 rings (SSSR count). The van der Waals surface area contributed by atoms with Crippen molar-refractivity contribution in [2.75, 3.05) is 18.7 Å². The molecule has 1 heterocycles. The molecule has 5 nitrogen and oxygen atoms in total. The SMILES string of the molecule is CCOc1cc(Br)c(/C=C2/C(=O)N(c3ccccc3)N=C2C)cc1OC. The van der Waals surface area contributed by atoms with Gasteiger partial charge in [-0.2, -0.15) is 10.1 Å². The van der Waals surface area contributed by atoms with Crippen LogP contribution >= 0.6 is 15.9 Å². The Morgan fingerprint density at radius 1 is 1.19 bits per heavy atom. The Balaban J connectivity index is 1.98. The summed E-state index contributed by atoms with van der Waals surface area (Å²) in [6, 6.07) is 13.1. The highest BCUT2D eigenvalue weighted by molar-refractivity contribution is 9.10. The van der Waals surface area contributed by atoms with Gasteiger partial charge in [0.05, 0.1) is 30.7 Å². The monoisotopic (exact) mass is 414 g/mol. The molecule has 0 radical (unpaired) electrons. The van der Waals surface area contributed by atoms with Crippen LogP contribution in [0.5, 0.6) is 11.5 Å². The van der Waals surface area contributed by atoms with Crippen molar-refractivity contribution in [3.63, 3.8) is 0 Å². The van der Waals surface area contributed by atoms with E-state index in [1.807, 2.05) is 62.4 Å². The first kappa shape index (κ1) is 18.2. The largest absolute Gasteiger partial charge is 0.493 e. The van der Waals surface area contributed by atoms with E-state index in [9.17, 15) is 4.79 Å². The molecule has 1 aliphatic heterocycles. The molecule has 0 saturated carbocycles. The molecule has 0 fully saturated rings. The zero-order valence-corrected chi connectivity index (χ0v) is 16.4. The van der Waals surface area contributed by atoms with Crippen LogP contribution in [0.4, 0.5) is 5.69 Å². The lowest BCUT2D eigenvalue weighted by atomic mass is 10.1. The molecule has 0 N–H and O–H groups in total. The summed E-state index contributed by atoms with van der Waals surface area (Å²) in [7, 11) is 1.59. The number of benzene rings is 2. The lowest BCUT2D eigenvalue weighted by Gasteiger charge is -2.12. The highest BCUT2D eigenvalue weighted by atomic mass is 79.9. The van der Waals surface area contributed by atoms with Gasteiger partial charge < -0.3 is 9.47 Å². The van der Waals surface area contributed by atoms with Crippen LogP contribution in [0.25, 0.3) is 6.08 Å². The second kappa shape index (κ2) is 7.74. The maximum absolute atomic E-state index is 12.8. The molecule has 6 heteroatoms. The normalized spacial score (nSPS) is 15.4. The first-order valence-corrected chi connectivity index (χ1v) is 9.01. The molecular weight excluding hydrogens is 396 g/mol. The maximum atomic E-state index is 12.8. The Morgan fingerprint density at radius 2 is 1.92 bits per heavy atom. The van der Waals surface area contributed by atoms with Crippen LogP contribution in [0.2, 0.25) is 0 Å². The van der Waals surface area contributed by atoms with Crippen molar-refractivity contribution in [2.24, 2.45) is 5.10 Å². The predicted molar refractivity (Wildman–Crippen MR) is 107 cm³/mol. The van der Waals surface area contributed by atoms with Gasteiger partial charge in [0.25, 0.3) is 5.91 Å². The topological polar surface area (TPSA) is 51.1 Å². The number of nitrogens with zero attached hydrogens (tertiary/aromatic N) is 2. The molecule has 0 aliphatic carbocycles. The third-order valence-electron chi connectivity index (χ3n) is 3.95. The number of carbonyl (C=O) groups is 1. The number of halogens is 1. The number of hydrazone groups is 1. The van der Waals surface area contributed by atoms with E-state index in [1.54, 1.807) is 7.11 Å². The summed E-state index contributed by atoms with van der Waals surface area (Å²) < 4.78 is 11.8. The van der Waals surface area contributed by atoms with Crippen LogP contribution < -0.4 is 14.5 Å². The van der Waals surface area contributed by atoms with Gasteiger partial charge in [0.2, 0.25) is 0 Å². The van der Waals surface area contributed by atoms with Gasteiger partial charge in [-0.3, -0.25) is 4.79 Å². The number of methoxy groups -OCH3 is 1. The number of hydrogen-bond donors (Lipinski definition) is 0. The quantitative estimate of drug-likeness (QED) is 0.668. The number of ether oxygens (including phenoxy) is 2. The Labute approximate surface area is 161 Å². The molecule has 0 spiro atoms.